The van der Waals surface area contributed by atoms with Crippen molar-refractivity contribution in [2.24, 2.45) is 17.8 Å². The number of carbonyl (C=O) groups is 4. The molecule has 0 saturated carbocycles. The van der Waals surface area contributed by atoms with Crippen LogP contribution in [-0.2, 0) is 42.7 Å². The number of alkyl carbamates (subject to hydrolysis) is 1. The molecule has 1 amide bonds. The Morgan fingerprint density at radius 1 is 0.556 bits per heavy atom. The van der Waals surface area contributed by atoms with Gasteiger partial charge in [0.1, 0.15) is 43.5 Å². The van der Waals surface area contributed by atoms with Crippen LogP contribution >= 0.6 is 0 Å². The zero-order valence-corrected chi connectivity index (χ0v) is 55.9. The van der Waals surface area contributed by atoms with E-state index in [0.29, 0.717) is 0 Å². The first-order chi connectivity index (χ1) is 47.5. The molecule has 0 aromatic heterocycles. The van der Waals surface area contributed by atoms with Crippen LogP contribution in [0.3, 0.4) is 0 Å². The normalized spacial score (nSPS) is 34.6. The molecule has 2 saturated heterocycles. The Kier molecular flexibility index (Phi) is 26.9. The van der Waals surface area contributed by atoms with E-state index in [-0.39, 0.29) is 44.3 Å². The number of aliphatic hydroxyl groups excluding tert-OH is 8. The second kappa shape index (κ2) is 35.4. The minimum absolute atomic E-state index is 0.0838. The maximum atomic E-state index is 14.1. The molecule has 4 aromatic rings. The highest BCUT2D eigenvalue weighted by molar-refractivity contribution is 5.80. The number of esters is 1. The summed E-state index contributed by atoms with van der Waals surface area (Å²) < 4.78 is 41.9. The molecular weight excluding hydrogens is 1270 g/mol. The molecule has 9 rings (SSSR count). The van der Waals surface area contributed by atoms with Gasteiger partial charge in [-0.05, 0) is 77.6 Å². The lowest BCUT2D eigenvalue weighted by molar-refractivity contribution is -0.309. The number of hydrogen-bond acceptors (Lipinski definition) is 20. The van der Waals surface area contributed by atoms with Gasteiger partial charge in [0.2, 0.25) is 0 Å². The monoisotopic (exact) mass is 1370 g/mol. The van der Waals surface area contributed by atoms with Gasteiger partial charge in [-0.1, -0.05) is 196 Å². The quantitative estimate of drug-likeness (QED) is 0.0554. The summed E-state index contributed by atoms with van der Waals surface area (Å²) in [4.78, 5) is 54.4. The predicted molar refractivity (Wildman–Crippen MR) is 365 cm³/mol. The van der Waals surface area contributed by atoms with Crippen molar-refractivity contribution in [3.05, 3.63) is 204 Å². The van der Waals surface area contributed by atoms with Gasteiger partial charge in [-0.2, -0.15) is 0 Å². The van der Waals surface area contributed by atoms with Crippen molar-refractivity contribution in [2.45, 2.75) is 188 Å². The minimum Gasteiger partial charge on any atom is -0.481 e. The number of rotatable bonds is 9. The van der Waals surface area contributed by atoms with Crippen LogP contribution in [0.15, 0.2) is 182 Å². The number of nitrogens with one attached hydrogen (secondary N) is 1. The second-order valence-corrected chi connectivity index (χ2v) is 26.4. The zero-order valence-electron chi connectivity index (χ0n) is 55.9. The molecular formula is C77H93NO21. The fraction of sp³-hybridized carbons (Fsp3) is 0.455. The van der Waals surface area contributed by atoms with E-state index in [9.17, 15) is 70.2 Å². The fourth-order valence-corrected chi connectivity index (χ4v) is 13.7. The van der Waals surface area contributed by atoms with Crippen LogP contribution in [0.2, 0.25) is 0 Å². The summed E-state index contributed by atoms with van der Waals surface area (Å²) in [6.45, 7) is 6.38. The largest absolute Gasteiger partial charge is 0.508 e. The Bertz CT molecular complexity index is 3490. The molecule has 532 valence electrons. The maximum absolute atomic E-state index is 14.1. The molecule has 2 aliphatic carbocycles. The van der Waals surface area contributed by atoms with Gasteiger partial charge in [-0.3, -0.25) is 9.59 Å². The van der Waals surface area contributed by atoms with Crippen LogP contribution in [0, 0.1) is 17.8 Å². The van der Waals surface area contributed by atoms with Gasteiger partial charge in [-0.25, -0.2) is 9.59 Å². The molecule has 0 spiro atoms. The molecule has 3 heterocycles. The molecule has 22 nitrogen and oxygen atoms in total. The number of benzene rings is 4. The molecule has 2 bridgehead atoms. The average molecular weight is 1370 g/mol. The highest BCUT2D eigenvalue weighted by atomic mass is 16.7. The number of hydrogen-bond donors (Lipinski definition) is 11. The maximum Gasteiger partial charge on any atom is 0.508 e. The molecule has 2 fully saturated rings. The number of cyclic esters (lactones) is 1. The molecule has 22 heteroatoms. The van der Waals surface area contributed by atoms with Gasteiger partial charge in [0.15, 0.2) is 12.1 Å². The van der Waals surface area contributed by atoms with Crippen molar-refractivity contribution in [3.8, 4) is 22.3 Å². The topological polar surface area (TPSA) is 347 Å². The number of carboxylic acids is 1. The van der Waals surface area contributed by atoms with E-state index < -0.39 is 172 Å². The van der Waals surface area contributed by atoms with Gasteiger partial charge in [0.05, 0.1) is 67.4 Å². The minimum atomic E-state index is -2.56. The van der Waals surface area contributed by atoms with Crippen LogP contribution in [0.25, 0.3) is 22.3 Å². The summed E-state index contributed by atoms with van der Waals surface area (Å²) >= 11 is 0. The van der Waals surface area contributed by atoms with Gasteiger partial charge in [0.25, 0.3) is 0 Å². The predicted octanol–water partition coefficient (Wildman–Crippen LogP) is 8.27. The third-order valence-corrected chi connectivity index (χ3v) is 19.2. The van der Waals surface area contributed by atoms with E-state index in [2.05, 4.69) is 5.32 Å². The number of fused-ring (bicyclic) bond motifs is 8. The lowest BCUT2D eigenvalue weighted by Gasteiger charge is -2.46. The van der Waals surface area contributed by atoms with Crippen molar-refractivity contribution >= 4 is 24.2 Å². The summed E-state index contributed by atoms with van der Waals surface area (Å²) in [7, 11) is 0. The number of ether oxygens (including phenoxy) is 7. The lowest BCUT2D eigenvalue weighted by Crippen LogP contribution is -2.64. The van der Waals surface area contributed by atoms with Crippen LogP contribution in [0.4, 0.5) is 9.59 Å². The summed E-state index contributed by atoms with van der Waals surface area (Å²) in [5.41, 5.74) is 7.57. The van der Waals surface area contributed by atoms with E-state index in [1.54, 1.807) is 86.8 Å². The first kappa shape index (κ1) is 75.3. The molecule has 11 N–H and O–H groups in total. The van der Waals surface area contributed by atoms with Gasteiger partial charge >= 0.3 is 24.2 Å². The van der Waals surface area contributed by atoms with Crippen molar-refractivity contribution in [1.29, 1.82) is 0 Å². The van der Waals surface area contributed by atoms with E-state index in [4.69, 9.17) is 33.2 Å². The van der Waals surface area contributed by atoms with E-state index >= 15 is 0 Å². The van der Waals surface area contributed by atoms with Crippen LogP contribution < -0.4 is 5.32 Å². The third-order valence-electron chi connectivity index (χ3n) is 19.2. The molecule has 19 atom stereocenters. The standard InChI is InChI=1S/C77H93NO21/c1-45-25-15-13-11-9-7-5-6-8-10-12-14-16-26-52(97-74-72(87)69(71(86)48(4)96-74)78-75(90)93-43-61-57-31-21-17-27-53(57)54-28-18-22-32-58(54)61)40-65-68(73(88)89)66(98-76(91)94-44-62-59-33-23-19-29-55(59)56-30-20-24-34-60(56)62)42-77(92,99-65)41-51(81)38-64(83)63(82)36-35-49(79)37-50(80)39-67(84)95-47(3)46(2)70(45)85/h5-34,45-52,61-66,68-72,74,79-83,85-87,92H,35-44H2,1-4H3,(H,78,90)(H,88,89)/b6-5+,9-7+,10-8+,13-11+,14-12+,25-15+,26-16+. The Balaban J connectivity index is 0.974. The molecule has 4 aromatic carbocycles. The number of amides is 1. The first-order valence-corrected chi connectivity index (χ1v) is 33.9. The second-order valence-electron chi connectivity index (χ2n) is 26.4. The SMILES string of the molecule is CC1/C=C/C=C/C=C/C=C/C=C/C=C/C=C/C(OC2OC(C)C(O)C(NC(=O)OCC3c4ccccc4-c4ccccc43)C2O)CC2OC(O)(CC(O)CC(O)C(O)CCC(O)CC(O)CC(=O)OC(C)C(C)C1O)CC(OC(=O)OCC1c3ccccc3-c3ccccc31)C2C(=O)O. The highest BCUT2D eigenvalue weighted by Crippen LogP contribution is 2.47. The van der Waals surface area contributed by atoms with Crippen LogP contribution in [0.5, 0.6) is 0 Å². The summed E-state index contributed by atoms with van der Waals surface area (Å²) in [5.74, 6) is -8.22. The molecule has 0 radical (unpaired) electrons. The lowest BCUT2D eigenvalue weighted by atomic mass is 9.82. The fourth-order valence-electron chi connectivity index (χ4n) is 13.7. The van der Waals surface area contributed by atoms with Gasteiger partial charge in [0, 0.05) is 49.4 Å². The van der Waals surface area contributed by atoms with Crippen molar-refractivity contribution in [3.63, 3.8) is 0 Å². The molecule has 3 aliphatic heterocycles. The third kappa shape index (κ3) is 20.0. The number of carboxylic acid groups (broad SMARTS) is 1. The van der Waals surface area contributed by atoms with E-state index in [1.807, 2.05) is 110 Å². The number of allylic oxidation sites excluding steroid dienone is 12. The Morgan fingerprint density at radius 2 is 1.06 bits per heavy atom. The smallest absolute Gasteiger partial charge is 0.481 e. The van der Waals surface area contributed by atoms with Crippen LogP contribution in [0.1, 0.15) is 113 Å². The zero-order chi connectivity index (χ0) is 70.9. The highest BCUT2D eigenvalue weighted by Gasteiger charge is 2.54. The van der Waals surface area contributed by atoms with Crippen molar-refractivity contribution in [1.82, 2.24) is 5.32 Å². The summed E-state index contributed by atoms with van der Waals surface area (Å²) in [5, 5.41) is 117. The van der Waals surface area contributed by atoms with Crippen molar-refractivity contribution in [2.75, 3.05) is 13.2 Å². The number of aliphatic carboxylic acids is 1. The molecule has 99 heavy (non-hydrogen) atoms. The molecule has 19 unspecified atom stereocenters. The summed E-state index contributed by atoms with van der Waals surface area (Å²) in [6, 6.07) is 29.3. The van der Waals surface area contributed by atoms with Crippen LogP contribution in [-0.4, -0.2) is 186 Å². The molecule has 5 aliphatic rings. The Hall–Kier alpha value is -7.94. The van der Waals surface area contributed by atoms with E-state index in [0.717, 1.165) is 44.5 Å². The average Bonchev–Trinajstić information content (AvgIpc) is 1.65. The summed E-state index contributed by atoms with van der Waals surface area (Å²) in [6.07, 6.45) is -2.04. The van der Waals surface area contributed by atoms with E-state index in [1.165, 1.54) is 13.0 Å². The Labute approximate surface area is 576 Å². The first-order valence-electron chi connectivity index (χ1n) is 33.9. The van der Waals surface area contributed by atoms with Gasteiger partial charge in [-0.15, -0.1) is 0 Å². The number of carbonyl (C=O) groups excluding carboxylic acids is 3. The van der Waals surface area contributed by atoms with Crippen molar-refractivity contribution < 1.29 is 103 Å². The Morgan fingerprint density at radius 3 is 1.60 bits per heavy atom. The van der Waals surface area contributed by atoms with Gasteiger partial charge < -0.3 is 89.5 Å². The number of aliphatic hydroxyl groups is 9.